The second-order valence-corrected chi connectivity index (χ2v) is 9.39. The number of hydrogen-bond donors (Lipinski definition) is 0. The summed E-state index contributed by atoms with van der Waals surface area (Å²) in [5.41, 5.74) is 3.33. The maximum Gasteiger partial charge on any atom is 0.343 e. The third-order valence-corrected chi connectivity index (χ3v) is 6.54. The zero-order chi connectivity index (χ0) is 24.0. The molecule has 4 nitrogen and oxygen atoms in total. The van der Waals surface area contributed by atoms with Crippen molar-refractivity contribution in [2.45, 2.75) is 23.6 Å². The Balaban J connectivity index is 1.62. The molecule has 0 fully saturated rings. The van der Waals surface area contributed by atoms with E-state index in [2.05, 4.69) is 13.2 Å². The van der Waals surface area contributed by atoms with Crippen molar-refractivity contribution in [3.8, 4) is 16.9 Å². The van der Waals surface area contributed by atoms with Crippen LogP contribution in [0.25, 0.3) is 11.1 Å². The van der Waals surface area contributed by atoms with Gasteiger partial charge < -0.3 is 4.74 Å². The van der Waals surface area contributed by atoms with Gasteiger partial charge in [0.05, 0.1) is 5.56 Å². The predicted octanol–water partition coefficient (Wildman–Crippen LogP) is 6.96. The molecule has 33 heavy (non-hydrogen) atoms. The summed E-state index contributed by atoms with van der Waals surface area (Å²) in [6, 6.07) is 21.5. The van der Waals surface area contributed by atoms with Crippen LogP contribution in [-0.4, -0.2) is 16.2 Å². The topological polar surface area (TPSA) is 60.4 Å². The van der Waals surface area contributed by atoms with Crippen LogP contribution in [0, 0.1) is 0 Å². The van der Waals surface area contributed by atoms with E-state index in [1.807, 2.05) is 36.4 Å². The van der Waals surface area contributed by atoms with Crippen LogP contribution in [0.5, 0.6) is 5.75 Å². The average molecular weight is 475 g/mol. The Kier molecular flexibility index (Phi) is 8.09. The first kappa shape index (κ1) is 24.3. The van der Waals surface area contributed by atoms with Crippen molar-refractivity contribution in [3.05, 3.63) is 103 Å². The molecule has 166 valence electrons. The lowest BCUT2D eigenvalue weighted by Crippen LogP contribution is -2.08. The molecule has 0 aliphatic carbocycles. The number of benzene rings is 3. The fourth-order valence-electron chi connectivity index (χ4n) is 2.64. The Hall–Kier alpha value is -3.35. The van der Waals surface area contributed by atoms with Gasteiger partial charge in [0.25, 0.3) is 0 Å². The highest BCUT2D eigenvalue weighted by Crippen LogP contribution is 2.27. The first-order valence-corrected chi connectivity index (χ1v) is 11.6. The lowest BCUT2D eigenvalue weighted by atomic mass is 10.0. The first-order chi connectivity index (χ1) is 15.7. The first-order valence-electron chi connectivity index (χ1n) is 10.0. The van der Waals surface area contributed by atoms with Crippen molar-refractivity contribution in [3.63, 3.8) is 0 Å². The minimum atomic E-state index is -0.468. The lowest BCUT2D eigenvalue weighted by molar-refractivity contribution is -0.108. The van der Waals surface area contributed by atoms with Gasteiger partial charge in [0.1, 0.15) is 5.75 Å². The molecule has 3 rings (SSSR count). The fraction of sp³-hybridized carbons (Fsp3) is 0.0741. The number of ether oxygens (including phenoxy) is 1. The van der Waals surface area contributed by atoms with E-state index in [0.29, 0.717) is 22.5 Å². The molecule has 0 spiro atoms. The summed E-state index contributed by atoms with van der Waals surface area (Å²) in [7, 11) is 0. The van der Waals surface area contributed by atoms with Crippen LogP contribution in [0.4, 0.5) is 0 Å². The van der Waals surface area contributed by atoms with Crippen LogP contribution in [-0.2, 0) is 9.59 Å². The van der Waals surface area contributed by atoms with Crippen LogP contribution in [0.2, 0.25) is 0 Å². The second-order valence-electron chi connectivity index (χ2n) is 7.30. The number of thioether (sulfide) groups is 2. The van der Waals surface area contributed by atoms with Gasteiger partial charge in [0.2, 0.25) is 10.2 Å². The summed E-state index contributed by atoms with van der Waals surface area (Å²) in [6.45, 7) is 10.6. The molecule has 0 aromatic heterocycles. The summed E-state index contributed by atoms with van der Waals surface area (Å²) >= 11 is 2.23. The molecule has 0 atom stereocenters. The summed E-state index contributed by atoms with van der Waals surface area (Å²) in [5, 5.41) is -0.159. The standard InChI is InChI=1S/C27H22O4S2/c1-17(2)26(29)32-23-13-9-20(10-14-23)19-5-7-21(8-6-19)25(28)31-22-11-15-24(16-12-22)33-27(30)18(3)4/h5-16H,1,3H2,2,4H3. The lowest BCUT2D eigenvalue weighted by Gasteiger charge is -2.07. The van der Waals surface area contributed by atoms with Crippen LogP contribution >= 0.6 is 23.5 Å². The van der Waals surface area contributed by atoms with Gasteiger partial charge in [-0.25, -0.2) is 4.79 Å². The molecular formula is C27H22O4S2. The van der Waals surface area contributed by atoms with E-state index in [4.69, 9.17) is 4.74 Å². The van der Waals surface area contributed by atoms with Gasteiger partial charge in [-0.15, -0.1) is 0 Å². The quantitative estimate of drug-likeness (QED) is 0.160. The predicted molar refractivity (Wildman–Crippen MR) is 135 cm³/mol. The molecule has 0 amide bonds. The summed E-state index contributed by atoms with van der Waals surface area (Å²) in [6.07, 6.45) is 0. The summed E-state index contributed by atoms with van der Waals surface area (Å²) in [5.74, 6) is -0.0707. The highest BCUT2D eigenvalue weighted by molar-refractivity contribution is 8.14. The van der Waals surface area contributed by atoms with Crippen molar-refractivity contribution in [1.29, 1.82) is 0 Å². The van der Waals surface area contributed by atoms with Crippen molar-refractivity contribution in [2.24, 2.45) is 0 Å². The van der Waals surface area contributed by atoms with E-state index >= 15 is 0 Å². The minimum absolute atomic E-state index is 0.0561. The van der Waals surface area contributed by atoms with Crippen LogP contribution in [0.3, 0.4) is 0 Å². The number of esters is 1. The molecule has 0 N–H and O–H groups in total. The average Bonchev–Trinajstić information content (AvgIpc) is 2.80. The molecule has 3 aromatic carbocycles. The SMILES string of the molecule is C=C(C)C(=O)Sc1ccc(OC(=O)c2ccc(-c3ccc(SC(=O)C(=C)C)cc3)cc2)cc1. The van der Waals surface area contributed by atoms with Crippen molar-refractivity contribution in [2.75, 3.05) is 0 Å². The maximum atomic E-state index is 12.5. The van der Waals surface area contributed by atoms with E-state index in [-0.39, 0.29) is 10.2 Å². The molecule has 0 heterocycles. The fourth-order valence-corrected chi connectivity index (χ4v) is 3.97. The van der Waals surface area contributed by atoms with E-state index in [0.717, 1.165) is 44.4 Å². The molecular weight excluding hydrogens is 452 g/mol. The van der Waals surface area contributed by atoms with E-state index < -0.39 is 5.97 Å². The Bertz CT molecular complexity index is 1210. The summed E-state index contributed by atoms with van der Waals surface area (Å²) in [4.78, 5) is 37.6. The summed E-state index contributed by atoms with van der Waals surface area (Å²) < 4.78 is 5.43. The van der Waals surface area contributed by atoms with Crippen LogP contribution < -0.4 is 4.74 Å². The van der Waals surface area contributed by atoms with Crippen molar-refractivity contribution in [1.82, 2.24) is 0 Å². The van der Waals surface area contributed by atoms with Crippen molar-refractivity contribution < 1.29 is 19.1 Å². The smallest absolute Gasteiger partial charge is 0.343 e. The normalized spacial score (nSPS) is 10.4. The number of carbonyl (C=O) groups is 3. The second kappa shape index (κ2) is 11.0. The molecule has 0 radical (unpaired) electrons. The van der Waals surface area contributed by atoms with Gasteiger partial charge in [-0.1, -0.05) is 37.4 Å². The van der Waals surface area contributed by atoms with E-state index in [9.17, 15) is 14.4 Å². The van der Waals surface area contributed by atoms with Gasteiger partial charge in [-0.3, -0.25) is 9.59 Å². The van der Waals surface area contributed by atoms with Gasteiger partial charge in [0.15, 0.2) is 0 Å². The van der Waals surface area contributed by atoms with E-state index in [1.54, 1.807) is 50.2 Å². The third-order valence-electron chi connectivity index (χ3n) is 4.46. The molecule has 6 heteroatoms. The molecule has 0 aliphatic rings. The van der Waals surface area contributed by atoms with Crippen LogP contribution in [0.15, 0.2) is 107 Å². The van der Waals surface area contributed by atoms with Crippen LogP contribution in [0.1, 0.15) is 24.2 Å². The monoisotopic (exact) mass is 474 g/mol. The van der Waals surface area contributed by atoms with E-state index in [1.165, 1.54) is 0 Å². The Morgan fingerprint density at radius 3 is 1.45 bits per heavy atom. The zero-order valence-corrected chi connectivity index (χ0v) is 19.9. The van der Waals surface area contributed by atoms with Gasteiger partial charge in [-0.05, 0) is 108 Å². The number of carbonyl (C=O) groups excluding carboxylic acids is 3. The molecule has 3 aromatic rings. The molecule has 0 aliphatic heterocycles. The molecule has 0 saturated heterocycles. The van der Waals surface area contributed by atoms with Gasteiger partial charge >= 0.3 is 5.97 Å². The van der Waals surface area contributed by atoms with Gasteiger partial charge in [0, 0.05) is 9.79 Å². The Labute approximate surface area is 201 Å². The zero-order valence-electron chi connectivity index (χ0n) is 18.3. The number of hydrogen-bond acceptors (Lipinski definition) is 6. The van der Waals surface area contributed by atoms with Crippen molar-refractivity contribution >= 4 is 39.7 Å². The molecule has 0 saturated carbocycles. The highest BCUT2D eigenvalue weighted by Gasteiger charge is 2.11. The Morgan fingerprint density at radius 2 is 1.03 bits per heavy atom. The Morgan fingerprint density at radius 1 is 0.636 bits per heavy atom. The molecule has 0 unspecified atom stereocenters. The highest BCUT2D eigenvalue weighted by atomic mass is 32.2. The maximum absolute atomic E-state index is 12.5. The molecule has 0 bridgehead atoms. The minimum Gasteiger partial charge on any atom is -0.423 e. The largest absolute Gasteiger partial charge is 0.423 e. The van der Waals surface area contributed by atoms with Gasteiger partial charge in [-0.2, -0.15) is 0 Å². The number of rotatable bonds is 7. The third kappa shape index (κ3) is 6.81.